The molecule has 0 spiro atoms. The summed E-state index contributed by atoms with van der Waals surface area (Å²) in [5, 5.41) is 19.3. The minimum absolute atomic E-state index is 0.0448. The van der Waals surface area contributed by atoms with Gasteiger partial charge in [-0.25, -0.2) is 0 Å². The first-order valence-corrected chi connectivity index (χ1v) is 5.48. The fraction of sp³-hybridized carbons (Fsp3) is 0.143. The van der Waals surface area contributed by atoms with Crippen molar-refractivity contribution in [2.24, 2.45) is 0 Å². The molecule has 0 aliphatic rings. The second-order valence-corrected chi connectivity index (χ2v) is 3.91. The number of allylic oxidation sites excluding steroid dienone is 1. The van der Waals surface area contributed by atoms with Crippen LogP contribution >= 0.6 is 0 Å². The zero-order chi connectivity index (χ0) is 12.3. The Labute approximate surface area is 100 Å². The van der Waals surface area contributed by atoms with Gasteiger partial charge in [-0.05, 0) is 12.0 Å². The number of benzene rings is 1. The van der Waals surface area contributed by atoms with Crippen molar-refractivity contribution >= 4 is 0 Å². The maximum atomic E-state index is 9.67. The summed E-state index contributed by atoms with van der Waals surface area (Å²) < 4.78 is 1.46. The highest BCUT2D eigenvalue weighted by Crippen LogP contribution is 2.29. The molecule has 0 saturated heterocycles. The second-order valence-electron chi connectivity index (χ2n) is 3.91. The Kier molecular flexibility index (Phi) is 3.19. The molecule has 1 atom stereocenters. The van der Waals surface area contributed by atoms with Gasteiger partial charge in [0.1, 0.15) is 0 Å². The first-order valence-electron chi connectivity index (χ1n) is 5.48. The number of nitrogens with zero attached hydrogens (tertiary/aromatic N) is 1. The van der Waals surface area contributed by atoms with Crippen molar-refractivity contribution in [3.8, 4) is 11.8 Å². The Morgan fingerprint density at radius 2 is 1.65 bits per heavy atom. The monoisotopic (exact) mass is 229 g/mol. The van der Waals surface area contributed by atoms with Gasteiger partial charge in [0.2, 0.25) is 0 Å². The summed E-state index contributed by atoms with van der Waals surface area (Å²) in [6.07, 6.45) is 2.40. The zero-order valence-electron chi connectivity index (χ0n) is 9.45. The predicted molar refractivity (Wildman–Crippen MR) is 67.1 cm³/mol. The predicted octanol–water partition coefficient (Wildman–Crippen LogP) is 2.87. The summed E-state index contributed by atoms with van der Waals surface area (Å²) in [5.41, 5.74) is 1.13. The van der Waals surface area contributed by atoms with Crippen LogP contribution in [0.3, 0.4) is 0 Å². The van der Waals surface area contributed by atoms with Gasteiger partial charge in [-0.2, -0.15) is 0 Å². The van der Waals surface area contributed by atoms with Gasteiger partial charge >= 0.3 is 0 Å². The van der Waals surface area contributed by atoms with Gasteiger partial charge in [0.05, 0.1) is 6.04 Å². The van der Waals surface area contributed by atoms with Gasteiger partial charge in [-0.1, -0.05) is 36.4 Å². The van der Waals surface area contributed by atoms with Crippen LogP contribution in [0.2, 0.25) is 0 Å². The molecule has 17 heavy (non-hydrogen) atoms. The fourth-order valence-corrected chi connectivity index (χ4v) is 1.90. The lowest BCUT2D eigenvalue weighted by molar-refractivity contribution is 0.352. The van der Waals surface area contributed by atoms with Crippen LogP contribution < -0.4 is 0 Å². The third-order valence-electron chi connectivity index (χ3n) is 2.77. The molecule has 1 aromatic carbocycles. The summed E-state index contributed by atoms with van der Waals surface area (Å²) >= 11 is 0. The Morgan fingerprint density at radius 3 is 2.18 bits per heavy atom. The molecule has 88 valence electrons. The Morgan fingerprint density at radius 1 is 1.06 bits per heavy atom. The summed E-state index contributed by atoms with van der Waals surface area (Å²) in [4.78, 5) is 0. The highest BCUT2D eigenvalue weighted by Gasteiger charge is 2.14. The number of aromatic hydroxyl groups is 2. The zero-order valence-corrected chi connectivity index (χ0v) is 9.45. The van der Waals surface area contributed by atoms with Crippen LogP contribution in [0.1, 0.15) is 11.6 Å². The maximum Gasteiger partial charge on any atom is 0.194 e. The molecule has 0 aliphatic heterocycles. The van der Waals surface area contributed by atoms with Gasteiger partial charge in [-0.15, -0.1) is 6.58 Å². The van der Waals surface area contributed by atoms with Crippen LogP contribution in [0, 0.1) is 0 Å². The van der Waals surface area contributed by atoms with Gasteiger partial charge in [0.15, 0.2) is 11.8 Å². The molecule has 2 rings (SSSR count). The molecular weight excluding hydrogens is 214 g/mol. The highest BCUT2D eigenvalue weighted by atomic mass is 16.3. The van der Waals surface area contributed by atoms with E-state index in [2.05, 4.69) is 6.58 Å². The van der Waals surface area contributed by atoms with Crippen LogP contribution in [0.15, 0.2) is 55.1 Å². The smallest absolute Gasteiger partial charge is 0.194 e. The molecule has 3 nitrogen and oxygen atoms in total. The molecule has 2 N–H and O–H groups in total. The molecule has 0 amide bonds. The molecule has 3 heteroatoms. The first-order chi connectivity index (χ1) is 8.22. The van der Waals surface area contributed by atoms with Crippen LogP contribution in [0.5, 0.6) is 11.8 Å². The van der Waals surface area contributed by atoms with Crippen molar-refractivity contribution in [1.29, 1.82) is 0 Å². The van der Waals surface area contributed by atoms with E-state index in [1.54, 1.807) is 6.08 Å². The number of hydrogen-bond donors (Lipinski definition) is 2. The van der Waals surface area contributed by atoms with Crippen LogP contribution in [0.25, 0.3) is 0 Å². The highest BCUT2D eigenvalue weighted by molar-refractivity contribution is 5.27. The molecule has 1 aromatic heterocycles. The van der Waals surface area contributed by atoms with Crippen LogP contribution in [-0.2, 0) is 6.42 Å². The molecule has 0 radical (unpaired) electrons. The Balaban J connectivity index is 2.26. The van der Waals surface area contributed by atoms with Gasteiger partial charge in [0.25, 0.3) is 0 Å². The summed E-state index contributed by atoms with van der Waals surface area (Å²) in [5.74, 6) is 0.0895. The lowest BCUT2D eigenvalue weighted by atomic mass is 10.1. The van der Waals surface area contributed by atoms with E-state index >= 15 is 0 Å². The van der Waals surface area contributed by atoms with E-state index in [-0.39, 0.29) is 17.8 Å². The minimum atomic E-state index is -0.160. The third kappa shape index (κ3) is 2.33. The lowest BCUT2D eigenvalue weighted by Crippen LogP contribution is -2.08. The van der Waals surface area contributed by atoms with Crippen molar-refractivity contribution in [3.05, 3.63) is 60.7 Å². The second kappa shape index (κ2) is 4.78. The van der Waals surface area contributed by atoms with Gasteiger partial charge in [0, 0.05) is 12.1 Å². The van der Waals surface area contributed by atoms with E-state index in [0.29, 0.717) is 6.42 Å². The van der Waals surface area contributed by atoms with E-state index in [0.717, 1.165) is 5.56 Å². The van der Waals surface area contributed by atoms with E-state index in [1.807, 2.05) is 30.3 Å². The molecule has 0 saturated carbocycles. The Hall–Kier alpha value is -2.16. The van der Waals surface area contributed by atoms with Gasteiger partial charge < -0.3 is 10.2 Å². The molecule has 1 unspecified atom stereocenters. The molecule has 1 heterocycles. The maximum absolute atomic E-state index is 9.67. The average molecular weight is 229 g/mol. The molecule has 2 aromatic rings. The summed E-state index contributed by atoms with van der Waals surface area (Å²) in [6.45, 7) is 3.75. The number of hydrogen-bond acceptors (Lipinski definition) is 2. The normalized spacial score (nSPS) is 12.2. The molecule has 0 bridgehead atoms. The van der Waals surface area contributed by atoms with Gasteiger partial charge in [-0.3, -0.25) is 4.57 Å². The largest absolute Gasteiger partial charge is 0.494 e. The summed E-state index contributed by atoms with van der Waals surface area (Å²) in [6, 6.07) is 12.7. The minimum Gasteiger partial charge on any atom is -0.494 e. The van der Waals surface area contributed by atoms with Crippen molar-refractivity contribution in [2.75, 3.05) is 0 Å². The number of rotatable bonds is 4. The molecule has 0 fully saturated rings. The first kappa shape index (κ1) is 11.3. The fourth-order valence-electron chi connectivity index (χ4n) is 1.90. The van der Waals surface area contributed by atoms with Crippen molar-refractivity contribution in [3.63, 3.8) is 0 Å². The number of aromatic nitrogens is 1. The SMILES string of the molecule is C=CC(Cc1ccccc1)n1c(O)ccc1O. The van der Waals surface area contributed by atoms with Crippen LogP contribution in [-0.4, -0.2) is 14.8 Å². The van der Waals surface area contributed by atoms with E-state index in [9.17, 15) is 10.2 Å². The lowest BCUT2D eigenvalue weighted by Gasteiger charge is -2.17. The standard InChI is InChI=1S/C14H15NO2/c1-2-12(10-11-6-4-3-5-7-11)15-13(16)8-9-14(15)17/h2-9,12,16-17H,1,10H2. The quantitative estimate of drug-likeness (QED) is 0.792. The van der Waals surface area contributed by atoms with E-state index in [4.69, 9.17) is 0 Å². The summed E-state index contributed by atoms with van der Waals surface area (Å²) in [7, 11) is 0. The van der Waals surface area contributed by atoms with Crippen molar-refractivity contribution < 1.29 is 10.2 Å². The molecule has 0 aliphatic carbocycles. The topological polar surface area (TPSA) is 45.4 Å². The van der Waals surface area contributed by atoms with Crippen molar-refractivity contribution in [2.45, 2.75) is 12.5 Å². The van der Waals surface area contributed by atoms with E-state index < -0.39 is 0 Å². The Bertz CT molecular complexity index is 483. The third-order valence-corrected chi connectivity index (χ3v) is 2.77. The van der Waals surface area contributed by atoms with E-state index in [1.165, 1.54) is 16.7 Å². The van der Waals surface area contributed by atoms with Crippen molar-refractivity contribution in [1.82, 2.24) is 4.57 Å². The molecular formula is C14H15NO2. The van der Waals surface area contributed by atoms with Crippen LogP contribution in [0.4, 0.5) is 0 Å². The average Bonchev–Trinajstić information content (AvgIpc) is 2.68.